The Balaban J connectivity index is 2.53. The molecule has 0 rings (SSSR count). The summed E-state index contributed by atoms with van der Waals surface area (Å²) in [5.41, 5.74) is 0. The minimum Gasteiger partial charge on any atom is -0.308 e. The molecule has 1 nitrogen and oxygen atoms in total. The molecule has 0 saturated carbocycles. The second-order valence-corrected chi connectivity index (χ2v) is 2.18. The van der Waals surface area contributed by atoms with Gasteiger partial charge in [0.05, 0.1) is 0 Å². The Morgan fingerprint density at radius 3 is 2.62 bits per heavy atom. The monoisotopic (exact) mass is 133 g/mol. The molecule has 0 aromatic rings. The van der Waals surface area contributed by atoms with Gasteiger partial charge >= 0.3 is 0 Å². The molecule has 0 aliphatic heterocycles. The summed E-state index contributed by atoms with van der Waals surface area (Å²) < 4.78 is 0. The summed E-state index contributed by atoms with van der Waals surface area (Å²) in [6, 6.07) is 0. The molecule has 2 heteroatoms. The number of hydrogen-bond donors (Lipinski definition) is 2. The Kier molecular flexibility index (Phi) is 7.59. The van der Waals surface area contributed by atoms with E-state index in [4.69, 9.17) is 0 Å². The molecule has 0 atom stereocenters. The molecule has 8 heavy (non-hydrogen) atoms. The minimum atomic E-state index is 0.809. The Morgan fingerprint density at radius 1 is 1.38 bits per heavy atom. The molecular formula is C6H15NS. The number of hydrogen-bond acceptors (Lipinski definition) is 2. The second-order valence-electron chi connectivity index (χ2n) is 1.87. The van der Waals surface area contributed by atoms with Crippen LogP contribution in [0.5, 0.6) is 0 Å². The van der Waals surface area contributed by atoms with Crippen molar-refractivity contribution in [2.45, 2.75) is 26.2 Å². The molecule has 0 aliphatic rings. The number of unbranched alkanes of at least 4 members (excludes halogenated alkanes) is 2. The van der Waals surface area contributed by atoms with E-state index >= 15 is 0 Å². The quantitative estimate of drug-likeness (QED) is 0.330. The fraction of sp³-hybridized carbons (Fsp3) is 1.00. The first kappa shape index (κ1) is 8.31. The lowest BCUT2D eigenvalue weighted by atomic mass is 10.2. The highest BCUT2D eigenvalue weighted by Crippen LogP contribution is 1.90. The van der Waals surface area contributed by atoms with Crippen molar-refractivity contribution in [3.05, 3.63) is 0 Å². The standard InChI is InChI=1S/C6H15NS/c1-2-3-4-5-7-6-8/h7-8H,2-6H2,1H3. The molecule has 0 aromatic carbocycles. The van der Waals surface area contributed by atoms with Gasteiger partial charge in [-0.2, -0.15) is 12.6 Å². The van der Waals surface area contributed by atoms with E-state index in [1.807, 2.05) is 0 Å². The van der Waals surface area contributed by atoms with Gasteiger partial charge in [0.15, 0.2) is 0 Å². The smallest absolute Gasteiger partial charge is 0.0387 e. The minimum absolute atomic E-state index is 0.809. The van der Waals surface area contributed by atoms with Gasteiger partial charge in [-0.15, -0.1) is 0 Å². The maximum atomic E-state index is 4.01. The first-order chi connectivity index (χ1) is 3.91. The van der Waals surface area contributed by atoms with E-state index in [-0.39, 0.29) is 0 Å². The first-order valence-corrected chi connectivity index (χ1v) is 3.86. The highest BCUT2D eigenvalue weighted by molar-refractivity contribution is 7.80. The van der Waals surface area contributed by atoms with Gasteiger partial charge in [-0.25, -0.2) is 0 Å². The van der Waals surface area contributed by atoms with Crippen LogP contribution in [0.4, 0.5) is 0 Å². The Hall–Kier alpha value is 0.310. The second kappa shape index (κ2) is 7.31. The largest absolute Gasteiger partial charge is 0.308 e. The van der Waals surface area contributed by atoms with Crippen LogP contribution in [0, 0.1) is 0 Å². The zero-order valence-corrected chi connectivity index (χ0v) is 6.38. The third-order valence-corrected chi connectivity index (χ3v) is 1.29. The van der Waals surface area contributed by atoms with Crippen LogP contribution in [-0.4, -0.2) is 12.4 Å². The molecule has 0 spiro atoms. The van der Waals surface area contributed by atoms with Gasteiger partial charge in [0, 0.05) is 5.88 Å². The van der Waals surface area contributed by atoms with E-state index in [0.717, 1.165) is 12.4 Å². The molecule has 0 radical (unpaired) electrons. The third-order valence-electron chi connectivity index (χ3n) is 1.07. The van der Waals surface area contributed by atoms with Gasteiger partial charge < -0.3 is 5.32 Å². The molecule has 0 saturated heterocycles. The Morgan fingerprint density at radius 2 is 2.12 bits per heavy atom. The van der Waals surface area contributed by atoms with Crippen LogP contribution in [0.25, 0.3) is 0 Å². The molecule has 0 unspecified atom stereocenters. The van der Waals surface area contributed by atoms with Gasteiger partial charge in [-0.1, -0.05) is 19.8 Å². The number of rotatable bonds is 5. The molecule has 0 fully saturated rings. The maximum Gasteiger partial charge on any atom is 0.0387 e. The van der Waals surface area contributed by atoms with Crippen LogP contribution in [0.2, 0.25) is 0 Å². The van der Waals surface area contributed by atoms with Crippen molar-refractivity contribution < 1.29 is 0 Å². The van der Waals surface area contributed by atoms with Crippen LogP contribution in [0.3, 0.4) is 0 Å². The zero-order valence-electron chi connectivity index (χ0n) is 5.48. The van der Waals surface area contributed by atoms with Crippen molar-refractivity contribution in [1.82, 2.24) is 5.32 Å². The van der Waals surface area contributed by atoms with Gasteiger partial charge in [-0.3, -0.25) is 0 Å². The van der Waals surface area contributed by atoms with Gasteiger partial charge in [0.25, 0.3) is 0 Å². The van der Waals surface area contributed by atoms with Crippen LogP contribution in [0.1, 0.15) is 26.2 Å². The van der Waals surface area contributed by atoms with Crippen molar-refractivity contribution in [3.8, 4) is 0 Å². The van der Waals surface area contributed by atoms with Gasteiger partial charge in [-0.05, 0) is 13.0 Å². The fourth-order valence-electron chi connectivity index (χ4n) is 0.579. The summed E-state index contributed by atoms with van der Waals surface area (Å²) in [5, 5.41) is 3.15. The zero-order chi connectivity index (χ0) is 6.24. The topological polar surface area (TPSA) is 12.0 Å². The highest BCUT2D eigenvalue weighted by Gasteiger charge is 1.81. The molecule has 0 heterocycles. The Bertz CT molecular complexity index is 33.5. The number of nitrogens with one attached hydrogen (secondary N) is 1. The van der Waals surface area contributed by atoms with E-state index in [0.29, 0.717) is 0 Å². The van der Waals surface area contributed by atoms with Crippen molar-refractivity contribution in [1.29, 1.82) is 0 Å². The van der Waals surface area contributed by atoms with Crippen molar-refractivity contribution in [2.24, 2.45) is 0 Å². The molecule has 0 amide bonds. The summed E-state index contributed by atoms with van der Waals surface area (Å²) in [5.74, 6) is 0.809. The summed E-state index contributed by atoms with van der Waals surface area (Å²) in [6.45, 7) is 3.33. The number of thiol groups is 1. The Labute approximate surface area is 57.3 Å². The third kappa shape index (κ3) is 6.31. The van der Waals surface area contributed by atoms with Crippen molar-refractivity contribution >= 4 is 12.6 Å². The molecule has 0 bridgehead atoms. The average molecular weight is 133 g/mol. The maximum absolute atomic E-state index is 4.01. The predicted octanol–water partition coefficient (Wildman–Crippen LogP) is 1.65. The highest BCUT2D eigenvalue weighted by atomic mass is 32.1. The van der Waals surface area contributed by atoms with E-state index in [9.17, 15) is 0 Å². The SMILES string of the molecule is CCCCCNCS. The summed E-state index contributed by atoms with van der Waals surface area (Å²) in [6.07, 6.45) is 3.92. The van der Waals surface area contributed by atoms with E-state index in [2.05, 4.69) is 24.9 Å². The summed E-state index contributed by atoms with van der Waals surface area (Å²) in [7, 11) is 0. The molecule has 1 N–H and O–H groups in total. The van der Waals surface area contributed by atoms with E-state index in [1.54, 1.807) is 0 Å². The van der Waals surface area contributed by atoms with Gasteiger partial charge in [0.1, 0.15) is 0 Å². The first-order valence-electron chi connectivity index (χ1n) is 3.23. The summed E-state index contributed by atoms with van der Waals surface area (Å²) in [4.78, 5) is 0. The molecule has 0 aromatic heterocycles. The summed E-state index contributed by atoms with van der Waals surface area (Å²) >= 11 is 4.01. The molecular weight excluding hydrogens is 118 g/mol. The lowest BCUT2D eigenvalue weighted by Gasteiger charge is -1.96. The van der Waals surface area contributed by atoms with E-state index < -0.39 is 0 Å². The normalized spacial score (nSPS) is 9.75. The van der Waals surface area contributed by atoms with Crippen LogP contribution in [-0.2, 0) is 0 Å². The predicted molar refractivity (Wildman–Crippen MR) is 41.4 cm³/mol. The molecule has 0 aliphatic carbocycles. The van der Waals surface area contributed by atoms with E-state index in [1.165, 1.54) is 19.3 Å². The van der Waals surface area contributed by atoms with Crippen LogP contribution >= 0.6 is 12.6 Å². The molecule has 50 valence electrons. The fourth-order valence-corrected chi connectivity index (χ4v) is 0.737. The van der Waals surface area contributed by atoms with Crippen molar-refractivity contribution in [3.63, 3.8) is 0 Å². The van der Waals surface area contributed by atoms with Gasteiger partial charge in [0.2, 0.25) is 0 Å². The lowest BCUT2D eigenvalue weighted by molar-refractivity contribution is 0.660. The lowest BCUT2D eigenvalue weighted by Crippen LogP contribution is -2.11. The van der Waals surface area contributed by atoms with Crippen LogP contribution < -0.4 is 5.32 Å². The van der Waals surface area contributed by atoms with Crippen LogP contribution in [0.15, 0.2) is 0 Å². The average Bonchev–Trinajstić information content (AvgIpc) is 1.81. The van der Waals surface area contributed by atoms with Crippen molar-refractivity contribution in [2.75, 3.05) is 12.4 Å².